The van der Waals surface area contributed by atoms with Crippen LogP contribution in [0, 0.1) is 20.8 Å². The van der Waals surface area contributed by atoms with Gasteiger partial charge in [-0.2, -0.15) is 0 Å². The lowest BCUT2D eigenvalue weighted by atomic mass is 10.2. The molecule has 116 valence electrons. The normalized spacial score (nSPS) is 11.9. The molecule has 0 aliphatic carbocycles. The zero-order valence-corrected chi connectivity index (χ0v) is 13.7. The summed E-state index contributed by atoms with van der Waals surface area (Å²) in [7, 11) is 0. The van der Waals surface area contributed by atoms with Crippen molar-refractivity contribution in [3.05, 3.63) is 46.2 Å². The first kappa shape index (κ1) is 16.2. The predicted molar refractivity (Wildman–Crippen MR) is 86.4 cm³/mol. The minimum absolute atomic E-state index is 0.283. The molecule has 0 saturated heterocycles. The Morgan fingerprint density at radius 3 is 2.41 bits per heavy atom. The Hall–Kier alpha value is -2.14. The highest BCUT2D eigenvalue weighted by atomic mass is 35.5. The van der Waals surface area contributed by atoms with E-state index in [1.165, 1.54) is 0 Å². The molecule has 0 fully saturated rings. The standard InChI is InChI=1S/C16H18ClN3O2/c1-9-7-13(17)5-6-14(9)22-12(4)15(21)20-16-18-10(2)8-11(3)19-16/h5-8,12H,1-4H3,(H,18,19,20,21)/t12-/m0/s1. The number of hydrogen-bond acceptors (Lipinski definition) is 4. The number of nitrogens with zero attached hydrogens (tertiary/aromatic N) is 2. The number of hydrogen-bond donors (Lipinski definition) is 1. The second kappa shape index (κ2) is 6.75. The van der Waals surface area contributed by atoms with Crippen LogP contribution in [-0.2, 0) is 4.79 Å². The summed E-state index contributed by atoms with van der Waals surface area (Å²) >= 11 is 5.90. The lowest BCUT2D eigenvalue weighted by Gasteiger charge is -2.16. The van der Waals surface area contributed by atoms with E-state index in [-0.39, 0.29) is 11.9 Å². The Morgan fingerprint density at radius 2 is 1.82 bits per heavy atom. The molecule has 1 N–H and O–H groups in total. The number of carbonyl (C=O) groups is 1. The zero-order valence-electron chi connectivity index (χ0n) is 13.0. The van der Waals surface area contributed by atoms with Crippen LogP contribution < -0.4 is 10.1 Å². The SMILES string of the molecule is Cc1cc(C)nc(NC(=O)[C@H](C)Oc2ccc(Cl)cc2C)n1. The second-order valence-electron chi connectivity index (χ2n) is 5.13. The fraction of sp³-hybridized carbons (Fsp3) is 0.312. The molecule has 5 nitrogen and oxygen atoms in total. The van der Waals surface area contributed by atoms with Gasteiger partial charge >= 0.3 is 0 Å². The monoisotopic (exact) mass is 319 g/mol. The second-order valence-corrected chi connectivity index (χ2v) is 5.57. The van der Waals surface area contributed by atoms with Crippen molar-refractivity contribution in [3.63, 3.8) is 0 Å². The molecule has 1 aromatic heterocycles. The number of benzene rings is 1. The van der Waals surface area contributed by atoms with E-state index >= 15 is 0 Å². The molecule has 0 aliphatic heterocycles. The summed E-state index contributed by atoms with van der Waals surface area (Å²) in [4.78, 5) is 20.5. The first-order valence-corrected chi connectivity index (χ1v) is 7.29. The molecular formula is C16H18ClN3O2. The summed E-state index contributed by atoms with van der Waals surface area (Å²) in [6.45, 7) is 7.24. The first-order valence-electron chi connectivity index (χ1n) is 6.91. The molecule has 1 atom stereocenters. The van der Waals surface area contributed by atoms with Gasteiger partial charge in [-0.25, -0.2) is 9.97 Å². The van der Waals surface area contributed by atoms with Crippen LogP contribution >= 0.6 is 11.6 Å². The van der Waals surface area contributed by atoms with E-state index < -0.39 is 6.10 Å². The van der Waals surface area contributed by atoms with E-state index in [1.807, 2.05) is 26.8 Å². The van der Waals surface area contributed by atoms with Crippen LogP contribution in [0.2, 0.25) is 5.02 Å². The average molecular weight is 320 g/mol. The smallest absolute Gasteiger partial charge is 0.267 e. The number of aromatic nitrogens is 2. The van der Waals surface area contributed by atoms with Gasteiger partial charge in [0.25, 0.3) is 5.91 Å². The van der Waals surface area contributed by atoms with Crippen LogP contribution in [0.4, 0.5) is 5.95 Å². The lowest BCUT2D eigenvalue weighted by molar-refractivity contribution is -0.122. The number of amides is 1. The quantitative estimate of drug-likeness (QED) is 0.937. The average Bonchev–Trinajstić information content (AvgIpc) is 2.40. The molecule has 0 spiro atoms. The van der Waals surface area contributed by atoms with Crippen molar-refractivity contribution in [1.29, 1.82) is 0 Å². The molecule has 22 heavy (non-hydrogen) atoms. The molecule has 0 radical (unpaired) electrons. The Morgan fingerprint density at radius 1 is 1.18 bits per heavy atom. The molecule has 0 unspecified atom stereocenters. The third-order valence-electron chi connectivity index (χ3n) is 3.03. The Balaban J connectivity index is 2.05. The van der Waals surface area contributed by atoms with E-state index in [2.05, 4.69) is 15.3 Å². The van der Waals surface area contributed by atoms with Crippen LogP contribution in [0.3, 0.4) is 0 Å². The largest absolute Gasteiger partial charge is 0.481 e. The van der Waals surface area contributed by atoms with Gasteiger partial charge in [-0.1, -0.05) is 11.6 Å². The molecule has 1 amide bonds. The number of aryl methyl sites for hydroxylation is 3. The highest BCUT2D eigenvalue weighted by Gasteiger charge is 2.17. The zero-order chi connectivity index (χ0) is 16.3. The van der Waals surface area contributed by atoms with Crippen LogP contribution in [-0.4, -0.2) is 22.0 Å². The number of nitrogens with one attached hydrogen (secondary N) is 1. The van der Waals surface area contributed by atoms with Crippen molar-refractivity contribution >= 4 is 23.5 Å². The summed E-state index contributed by atoms with van der Waals surface area (Å²) in [5, 5.41) is 3.29. The van der Waals surface area contributed by atoms with Gasteiger partial charge in [-0.05, 0) is 57.5 Å². The van der Waals surface area contributed by atoms with Crippen LogP contribution in [0.25, 0.3) is 0 Å². The lowest BCUT2D eigenvalue weighted by Crippen LogP contribution is -2.31. The van der Waals surface area contributed by atoms with Gasteiger partial charge in [0.05, 0.1) is 0 Å². The van der Waals surface area contributed by atoms with Gasteiger partial charge in [-0.15, -0.1) is 0 Å². The number of anilines is 1. The van der Waals surface area contributed by atoms with Crippen molar-refractivity contribution < 1.29 is 9.53 Å². The van der Waals surface area contributed by atoms with Crippen molar-refractivity contribution in [1.82, 2.24) is 9.97 Å². The van der Waals surface area contributed by atoms with Crippen molar-refractivity contribution in [2.24, 2.45) is 0 Å². The Kier molecular flexibility index (Phi) is 4.98. The maximum Gasteiger partial charge on any atom is 0.267 e. The van der Waals surface area contributed by atoms with Crippen LogP contribution in [0.5, 0.6) is 5.75 Å². The predicted octanol–water partition coefficient (Wildman–Crippen LogP) is 3.46. The minimum Gasteiger partial charge on any atom is -0.481 e. The topological polar surface area (TPSA) is 64.1 Å². The third kappa shape index (κ3) is 4.18. The van der Waals surface area contributed by atoms with Crippen molar-refractivity contribution in [2.45, 2.75) is 33.8 Å². The Labute approximate surface area is 134 Å². The molecule has 6 heteroatoms. The molecule has 1 heterocycles. The van der Waals surface area contributed by atoms with Crippen LogP contribution in [0.1, 0.15) is 23.9 Å². The van der Waals surface area contributed by atoms with Crippen molar-refractivity contribution in [2.75, 3.05) is 5.32 Å². The fourth-order valence-corrected chi connectivity index (χ4v) is 2.21. The number of halogens is 1. The molecular weight excluding hydrogens is 302 g/mol. The first-order chi connectivity index (χ1) is 10.3. The Bertz CT molecular complexity index is 684. The summed E-state index contributed by atoms with van der Waals surface area (Å²) in [6.07, 6.45) is -0.677. The summed E-state index contributed by atoms with van der Waals surface area (Å²) in [5.74, 6) is 0.596. The molecule has 0 aliphatic rings. The van der Waals surface area contributed by atoms with E-state index in [9.17, 15) is 4.79 Å². The molecule has 2 aromatic rings. The third-order valence-corrected chi connectivity index (χ3v) is 3.26. The maximum atomic E-state index is 12.2. The maximum absolute atomic E-state index is 12.2. The highest BCUT2D eigenvalue weighted by molar-refractivity contribution is 6.30. The minimum atomic E-state index is -0.677. The summed E-state index contributed by atoms with van der Waals surface area (Å²) in [6, 6.07) is 7.09. The van der Waals surface area contributed by atoms with E-state index in [4.69, 9.17) is 16.3 Å². The van der Waals surface area contributed by atoms with Gasteiger partial charge in [0.2, 0.25) is 5.95 Å². The number of carbonyl (C=O) groups excluding carboxylic acids is 1. The van der Waals surface area contributed by atoms with Gasteiger partial charge in [0.15, 0.2) is 6.10 Å². The van der Waals surface area contributed by atoms with E-state index in [0.29, 0.717) is 10.8 Å². The summed E-state index contributed by atoms with van der Waals surface area (Å²) in [5.41, 5.74) is 2.46. The van der Waals surface area contributed by atoms with Gasteiger partial charge in [-0.3, -0.25) is 10.1 Å². The fourth-order valence-electron chi connectivity index (χ4n) is 1.98. The van der Waals surface area contributed by atoms with Gasteiger partial charge < -0.3 is 4.74 Å². The molecule has 0 saturated carbocycles. The van der Waals surface area contributed by atoms with Gasteiger partial charge in [0.1, 0.15) is 5.75 Å². The van der Waals surface area contributed by atoms with Crippen LogP contribution in [0.15, 0.2) is 24.3 Å². The molecule has 2 rings (SSSR count). The number of rotatable bonds is 4. The van der Waals surface area contributed by atoms with Crippen molar-refractivity contribution in [3.8, 4) is 5.75 Å². The van der Waals surface area contributed by atoms with E-state index in [1.54, 1.807) is 25.1 Å². The van der Waals surface area contributed by atoms with E-state index in [0.717, 1.165) is 17.0 Å². The molecule has 1 aromatic carbocycles. The highest BCUT2D eigenvalue weighted by Crippen LogP contribution is 2.23. The summed E-state index contributed by atoms with van der Waals surface area (Å²) < 4.78 is 5.67. The van der Waals surface area contributed by atoms with Gasteiger partial charge in [0, 0.05) is 16.4 Å². The molecule has 0 bridgehead atoms. The number of ether oxygens (including phenoxy) is 1.